The molecule has 1 atom stereocenters. The molecule has 4 nitrogen and oxygen atoms in total. The number of alkyl halides is 1. The molecule has 1 aliphatic rings. The zero-order chi connectivity index (χ0) is 13.1. The van der Waals surface area contributed by atoms with Crippen molar-refractivity contribution < 1.29 is 19.0 Å². The SMILES string of the molecule is O=C(c1ccc(O)cc1F)N1CCOC(CBr)C1. The third kappa shape index (κ3) is 2.81. The number of phenolic OH excluding ortho intramolecular Hbond substituents is 1. The number of morpholine rings is 1. The standard InChI is InChI=1S/C12H13BrFNO3/c13-6-9-7-15(3-4-18-9)12(17)10-2-1-8(16)5-11(10)14/h1-2,5,9,16H,3-4,6-7H2. The van der Waals surface area contributed by atoms with Gasteiger partial charge in [0.05, 0.1) is 18.3 Å². The Morgan fingerprint density at radius 1 is 1.61 bits per heavy atom. The third-order valence-electron chi connectivity index (χ3n) is 2.78. The number of rotatable bonds is 2. The molecule has 1 aromatic rings. The molecule has 1 unspecified atom stereocenters. The molecule has 0 spiro atoms. The monoisotopic (exact) mass is 317 g/mol. The lowest BCUT2D eigenvalue weighted by Gasteiger charge is -2.32. The number of phenols is 1. The number of aromatic hydroxyl groups is 1. The summed E-state index contributed by atoms with van der Waals surface area (Å²) in [5, 5.41) is 9.75. The van der Waals surface area contributed by atoms with Crippen molar-refractivity contribution in [2.75, 3.05) is 25.0 Å². The molecule has 6 heteroatoms. The van der Waals surface area contributed by atoms with Crippen LogP contribution in [-0.2, 0) is 4.74 Å². The van der Waals surface area contributed by atoms with Gasteiger partial charge >= 0.3 is 0 Å². The molecule has 0 bridgehead atoms. The highest BCUT2D eigenvalue weighted by Gasteiger charge is 2.26. The van der Waals surface area contributed by atoms with Crippen LogP contribution in [0.25, 0.3) is 0 Å². The van der Waals surface area contributed by atoms with Crippen molar-refractivity contribution in [3.05, 3.63) is 29.6 Å². The van der Waals surface area contributed by atoms with Crippen molar-refractivity contribution in [1.29, 1.82) is 0 Å². The molecule has 2 rings (SSSR count). The van der Waals surface area contributed by atoms with E-state index in [-0.39, 0.29) is 23.3 Å². The van der Waals surface area contributed by atoms with E-state index in [1.54, 1.807) is 4.90 Å². The second-order valence-corrected chi connectivity index (χ2v) is 4.71. The molecular weight excluding hydrogens is 305 g/mol. The van der Waals surface area contributed by atoms with Gasteiger partial charge in [0.1, 0.15) is 11.6 Å². The van der Waals surface area contributed by atoms with Crippen molar-refractivity contribution in [2.24, 2.45) is 0 Å². The molecule has 1 fully saturated rings. The van der Waals surface area contributed by atoms with Gasteiger partial charge < -0.3 is 14.7 Å². The predicted octanol–water partition coefficient (Wildman–Crippen LogP) is 1.77. The second kappa shape index (κ2) is 5.67. The van der Waals surface area contributed by atoms with E-state index >= 15 is 0 Å². The van der Waals surface area contributed by atoms with Crippen LogP contribution in [0.2, 0.25) is 0 Å². The largest absolute Gasteiger partial charge is 0.508 e. The van der Waals surface area contributed by atoms with Crippen molar-refractivity contribution in [1.82, 2.24) is 4.90 Å². The average molecular weight is 318 g/mol. The van der Waals surface area contributed by atoms with E-state index in [1.165, 1.54) is 12.1 Å². The summed E-state index contributed by atoms with van der Waals surface area (Å²) in [5.41, 5.74) is -0.0250. The highest BCUT2D eigenvalue weighted by atomic mass is 79.9. The number of hydrogen-bond donors (Lipinski definition) is 1. The van der Waals surface area contributed by atoms with Crippen LogP contribution >= 0.6 is 15.9 Å². The first-order valence-corrected chi connectivity index (χ1v) is 6.69. The summed E-state index contributed by atoms with van der Waals surface area (Å²) in [4.78, 5) is 13.7. The Bertz CT molecular complexity index is 455. The number of carbonyl (C=O) groups is 1. The van der Waals surface area contributed by atoms with Gasteiger partial charge in [0.2, 0.25) is 0 Å². The summed E-state index contributed by atoms with van der Waals surface area (Å²) in [5.74, 6) is -1.27. The minimum atomic E-state index is -0.707. The van der Waals surface area contributed by atoms with Gasteiger partial charge in [-0.05, 0) is 12.1 Å². The van der Waals surface area contributed by atoms with Gasteiger partial charge in [0.15, 0.2) is 0 Å². The number of amides is 1. The van der Waals surface area contributed by atoms with Crippen molar-refractivity contribution in [3.63, 3.8) is 0 Å². The molecule has 1 aromatic carbocycles. The number of halogens is 2. The summed E-state index contributed by atoms with van der Waals surface area (Å²) in [6.07, 6.45) is -0.0668. The van der Waals surface area contributed by atoms with Gasteiger partial charge in [0, 0.05) is 24.5 Å². The molecule has 1 amide bonds. The van der Waals surface area contributed by atoms with Crippen molar-refractivity contribution in [3.8, 4) is 5.75 Å². The van der Waals surface area contributed by atoms with Crippen LogP contribution in [0, 0.1) is 5.82 Å². The quantitative estimate of drug-likeness (QED) is 0.846. The van der Waals surface area contributed by atoms with E-state index in [0.29, 0.717) is 25.0 Å². The summed E-state index contributed by atoms with van der Waals surface area (Å²) in [7, 11) is 0. The van der Waals surface area contributed by atoms with Gasteiger partial charge in [-0.2, -0.15) is 0 Å². The summed E-state index contributed by atoms with van der Waals surface area (Å²) >= 11 is 3.30. The number of nitrogens with zero attached hydrogens (tertiary/aromatic N) is 1. The highest BCUT2D eigenvalue weighted by Crippen LogP contribution is 2.18. The molecule has 1 N–H and O–H groups in total. The van der Waals surface area contributed by atoms with Gasteiger partial charge in [-0.1, -0.05) is 15.9 Å². The van der Waals surface area contributed by atoms with Gasteiger partial charge in [0.25, 0.3) is 5.91 Å². The zero-order valence-electron chi connectivity index (χ0n) is 9.60. The molecule has 0 saturated carbocycles. The molecule has 1 heterocycles. The van der Waals surface area contributed by atoms with Crippen LogP contribution in [0.1, 0.15) is 10.4 Å². The van der Waals surface area contributed by atoms with Crippen LogP contribution in [0.3, 0.4) is 0 Å². The highest BCUT2D eigenvalue weighted by molar-refractivity contribution is 9.09. The topological polar surface area (TPSA) is 49.8 Å². The molecule has 18 heavy (non-hydrogen) atoms. The van der Waals surface area contributed by atoms with E-state index in [4.69, 9.17) is 9.84 Å². The zero-order valence-corrected chi connectivity index (χ0v) is 11.2. The van der Waals surface area contributed by atoms with E-state index in [0.717, 1.165) is 6.07 Å². The van der Waals surface area contributed by atoms with Crippen LogP contribution in [0.15, 0.2) is 18.2 Å². The number of hydrogen-bond acceptors (Lipinski definition) is 3. The fourth-order valence-electron chi connectivity index (χ4n) is 1.84. The van der Waals surface area contributed by atoms with Crippen molar-refractivity contribution in [2.45, 2.75) is 6.10 Å². The molecule has 1 aliphatic heterocycles. The Kier molecular flexibility index (Phi) is 4.19. The molecule has 0 radical (unpaired) electrons. The smallest absolute Gasteiger partial charge is 0.257 e. The lowest BCUT2D eigenvalue weighted by atomic mass is 10.1. The average Bonchev–Trinajstić information content (AvgIpc) is 2.38. The fraction of sp³-hybridized carbons (Fsp3) is 0.417. The Hall–Kier alpha value is -1.14. The molecule has 0 aliphatic carbocycles. The van der Waals surface area contributed by atoms with E-state index < -0.39 is 5.82 Å². The lowest BCUT2D eigenvalue weighted by Crippen LogP contribution is -2.46. The molecule has 0 aromatic heterocycles. The minimum absolute atomic E-state index is 0.0250. The van der Waals surface area contributed by atoms with Crippen LogP contribution in [0.4, 0.5) is 4.39 Å². The Morgan fingerprint density at radius 3 is 3.06 bits per heavy atom. The maximum Gasteiger partial charge on any atom is 0.257 e. The van der Waals surface area contributed by atoms with Crippen LogP contribution in [0.5, 0.6) is 5.75 Å². The van der Waals surface area contributed by atoms with Crippen LogP contribution < -0.4 is 0 Å². The van der Waals surface area contributed by atoms with E-state index in [2.05, 4.69) is 15.9 Å². The maximum absolute atomic E-state index is 13.6. The lowest BCUT2D eigenvalue weighted by molar-refractivity contribution is -0.00982. The summed E-state index contributed by atoms with van der Waals surface area (Å²) in [6, 6.07) is 3.54. The van der Waals surface area contributed by atoms with Gasteiger partial charge in [-0.25, -0.2) is 4.39 Å². The second-order valence-electron chi connectivity index (χ2n) is 4.06. The Labute approximate surface area is 112 Å². The first-order valence-electron chi connectivity index (χ1n) is 5.57. The Balaban J connectivity index is 2.15. The molecular formula is C12H13BrFNO3. The summed E-state index contributed by atoms with van der Waals surface area (Å²) < 4.78 is 19.0. The minimum Gasteiger partial charge on any atom is -0.508 e. The van der Waals surface area contributed by atoms with Crippen molar-refractivity contribution >= 4 is 21.8 Å². The van der Waals surface area contributed by atoms with E-state index in [1.807, 2.05) is 0 Å². The first-order chi connectivity index (χ1) is 8.61. The maximum atomic E-state index is 13.6. The number of ether oxygens (including phenoxy) is 1. The third-order valence-corrected chi connectivity index (χ3v) is 3.50. The fourth-order valence-corrected chi connectivity index (χ4v) is 2.24. The van der Waals surface area contributed by atoms with Gasteiger partial charge in [-0.15, -0.1) is 0 Å². The molecule has 98 valence electrons. The predicted molar refractivity (Wildman–Crippen MR) is 67.5 cm³/mol. The van der Waals surface area contributed by atoms with Crippen LogP contribution in [-0.4, -0.2) is 47.0 Å². The first kappa shape index (κ1) is 13.3. The number of carbonyl (C=O) groups excluding carboxylic acids is 1. The Morgan fingerprint density at radius 2 is 2.39 bits per heavy atom. The number of benzene rings is 1. The normalized spacial score (nSPS) is 19.9. The summed E-state index contributed by atoms with van der Waals surface area (Å²) in [6.45, 7) is 1.33. The van der Waals surface area contributed by atoms with E-state index in [9.17, 15) is 9.18 Å². The van der Waals surface area contributed by atoms with Gasteiger partial charge in [-0.3, -0.25) is 4.79 Å². The molecule has 1 saturated heterocycles.